The van der Waals surface area contributed by atoms with Crippen LogP contribution in [-0.4, -0.2) is 21.9 Å². The molecule has 6 heteroatoms. The van der Waals surface area contributed by atoms with Crippen molar-refractivity contribution in [3.8, 4) is 9.88 Å². The molecule has 0 spiro atoms. The Morgan fingerprint density at radius 3 is 2.74 bits per heavy atom. The molecule has 0 radical (unpaired) electrons. The van der Waals surface area contributed by atoms with Gasteiger partial charge in [-0.3, -0.25) is 4.90 Å². The predicted octanol–water partition coefficient (Wildman–Crippen LogP) is 5.11. The molecule has 4 aromatic rings. The van der Waals surface area contributed by atoms with E-state index in [1.165, 1.54) is 9.58 Å². The van der Waals surface area contributed by atoms with Crippen molar-refractivity contribution in [3.63, 3.8) is 0 Å². The molecule has 0 aliphatic rings. The number of thiophene rings is 1. The van der Waals surface area contributed by atoms with Crippen molar-refractivity contribution in [3.05, 3.63) is 57.9 Å². The summed E-state index contributed by atoms with van der Waals surface area (Å²) in [6, 6.07) is 12.5. The summed E-state index contributed by atoms with van der Waals surface area (Å²) in [6.45, 7) is 1.70. The van der Waals surface area contributed by atoms with Crippen LogP contribution in [0.15, 0.2) is 47.2 Å². The zero-order chi connectivity index (χ0) is 15.6. The first-order valence-electron chi connectivity index (χ1n) is 7.29. The maximum Gasteiger partial charge on any atom is 0.133 e. The van der Waals surface area contributed by atoms with Gasteiger partial charge in [0.1, 0.15) is 10.0 Å². The van der Waals surface area contributed by atoms with Crippen molar-refractivity contribution in [1.82, 2.24) is 14.9 Å². The standard InChI is InChI=1S/C17H15N3S3/c1-20(10-16-19-13-5-2-3-6-14(13)23-16)9-12-11-22-17(18-12)15-7-4-8-21-15/h2-8,11H,9-10H2,1H3. The summed E-state index contributed by atoms with van der Waals surface area (Å²) in [5.41, 5.74) is 2.22. The molecule has 23 heavy (non-hydrogen) atoms. The summed E-state index contributed by atoms with van der Waals surface area (Å²) < 4.78 is 1.25. The fourth-order valence-corrected chi connectivity index (χ4v) is 5.12. The third-order valence-electron chi connectivity index (χ3n) is 3.46. The van der Waals surface area contributed by atoms with Gasteiger partial charge in [-0.25, -0.2) is 9.97 Å². The summed E-state index contributed by atoms with van der Waals surface area (Å²) in [5, 5.41) is 6.52. The van der Waals surface area contributed by atoms with Crippen LogP contribution in [0.2, 0.25) is 0 Å². The number of aromatic nitrogens is 2. The van der Waals surface area contributed by atoms with Crippen LogP contribution in [0.25, 0.3) is 20.1 Å². The molecule has 0 N–H and O–H groups in total. The van der Waals surface area contributed by atoms with Crippen molar-refractivity contribution >= 4 is 44.2 Å². The molecule has 0 aliphatic heterocycles. The molecule has 3 heterocycles. The summed E-state index contributed by atoms with van der Waals surface area (Å²) in [5.74, 6) is 0. The highest BCUT2D eigenvalue weighted by molar-refractivity contribution is 7.20. The van der Waals surface area contributed by atoms with E-state index in [1.807, 2.05) is 6.07 Å². The molecule has 0 fully saturated rings. The first-order chi connectivity index (χ1) is 11.3. The summed E-state index contributed by atoms with van der Waals surface area (Å²) in [6.07, 6.45) is 0. The van der Waals surface area contributed by atoms with Crippen molar-refractivity contribution < 1.29 is 0 Å². The Bertz CT molecular complexity index is 875. The van der Waals surface area contributed by atoms with Gasteiger partial charge in [0.05, 0.1) is 27.3 Å². The lowest BCUT2D eigenvalue weighted by molar-refractivity contribution is 0.315. The van der Waals surface area contributed by atoms with E-state index in [4.69, 9.17) is 9.97 Å². The van der Waals surface area contributed by atoms with Gasteiger partial charge in [-0.05, 0) is 30.6 Å². The SMILES string of the molecule is CN(Cc1csc(-c2cccs2)n1)Cc1nc2ccccc2s1. The average Bonchev–Trinajstić information content (AvgIpc) is 3.26. The Balaban J connectivity index is 1.44. The second-order valence-electron chi connectivity index (χ2n) is 5.37. The van der Waals surface area contributed by atoms with Gasteiger partial charge in [0, 0.05) is 11.9 Å². The second kappa shape index (κ2) is 6.49. The van der Waals surface area contributed by atoms with E-state index in [9.17, 15) is 0 Å². The Hall–Kier alpha value is -1.60. The van der Waals surface area contributed by atoms with Crippen LogP contribution in [0.3, 0.4) is 0 Å². The number of benzene rings is 1. The zero-order valence-corrected chi connectivity index (χ0v) is 15.0. The predicted molar refractivity (Wildman–Crippen MR) is 100 cm³/mol. The Labute approximate surface area is 146 Å². The molecule has 116 valence electrons. The molecule has 0 saturated carbocycles. The van der Waals surface area contributed by atoms with E-state index >= 15 is 0 Å². The Kier molecular flexibility index (Phi) is 4.22. The third kappa shape index (κ3) is 3.35. The molecule has 0 atom stereocenters. The summed E-state index contributed by atoms with van der Waals surface area (Å²) in [7, 11) is 2.12. The monoisotopic (exact) mass is 357 g/mol. The van der Waals surface area contributed by atoms with E-state index in [0.717, 1.165) is 34.3 Å². The quantitative estimate of drug-likeness (QED) is 0.497. The minimum absolute atomic E-state index is 0.845. The number of rotatable bonds is 5. The largest absolute Gasteiger partial charge is 0.294 e. The van der Waals surface area contributed by atoms with Crippen LogP contribution in [-0.2, 0) is 13.1 Å². The molecule has 0 saturated heterocycles. The lowest BCUT2D eigenvalue weighted by atomic mass is 10.3. The first kappa shape index (κ1) is 15.0. The lowest BCUT2D eigenvalue weighted by Crippen LogP contribution is -2.17. The minimum Gasteiger partial charge on any atom is -0.294 e. The molecular formula is C17H15N3S3. The maximum absolute atomic E-state index is 4.75. The molecule has 0 aliphatic carbocycles. The van der Waals surface area contributed by atoms with E-state index in [0.29, 0.717) is 0 Å². The molecule has 0 amide bonds. The highest BCUT2D eigenvalue weighted by atomic mass is 32.1. The van der Waals surface area contributed by atoms with Crippen molar-refractivity contribution in [2.75, 3.05) is 7.05 Å². The van der Waals surface area contributed by atoms with Crippen molar-refractivity contribution in [2.45, 2.75) is 13.1 Å². The Morgan fingerprint density at radius 1 is 1.00 bits per heavy atom. The van der Waals surface area contributed by atoms with Crippen LogP contribution < -0.4 is 0 Å². The highest BCUT2D eigenvalue weighted by Gasteiger charge is 2.10. The number of fused-ring (bicyclic) bond motifs is 1. The van der Waals surface area contributed by atoms with Gasteiger partial charge >= 0.3 is 0 Å². The van der Waals surface area contributed by atoms with Gasteiger partial charge in [0.15, 0.2) is 0 Å². The van der Waals surface area contributed by atoms with Gasteiger partial charge in [-0.2, -0.15) is 0 Å². The normalized spacial score (nSPS) is 11.6. The number of para-hydroxylation sites is 1. The molecule has 3 nitrogen and oxygen atoms in total. The van der Waals surface area contributed by atoms with Crippen molar-refractivity contribution in [2.24, 2.45) is 0 Å². The second-order valence-corrected chi connectivity index (χ2v) is 8.29. The van der Waals surface area contributed by atoms with Crippen LogP contribution >= 0.6 is 34.0 Å². The van der Waals surface area contributed by atoms with Crippen LogP contribution in [0.1, 0.15) is 10.7 Å². The fraction of sp³-hybridized carbons (Fsp3) is 0.176. The third-order valence-corrected chi connectivity index (χ3v) is 6.41. The fourth-order valence-electron chi connectivity index (χ4n) is 2.44. The topological polar surface area (TPSA) is 29.0 Å². The molecule has 0 unspecified atom stereocenters. The number of hydrogen-bond acceptors (Lipinski definition) is 6. The van der Waals surface area contributed by atoms with Gasteiger partial charge in [0.25, 0.3) is 0 Å². The smallest absolute Gasteiger partial charge is 0.133 e. The van der Waals surface area contributed by atoms with Gasteiger partial charge < -0.3 is 0 Å². The van der Waals surface area contributed by atoms with Crippen LogP contribution in [0.5, 0.6) is 0 Å². The lowest BCUT2D eigenvalue weighted by Gasteiger charge is -2.12. The molecule has 4 rings (SSSR count). The molecule has 1 aromatic carbocycles. The summed E-state index contributed by atoms with van der Waals surface area (Å²) in [4.78, 5) is 13.0. The maximum atomic E-state index is 4.75. The van der Waals surface area contributed by atoms with Gasteiger partial charge in [-0.15, -0.1) is 34.0 Å². The first-order valence-corrected chi connectivity index (χ1v) is 9.87. The number of thiazole rings is 2. The molecule has 0 bridgehead atoms. The van der Waals surface area contributed by atoms with Crippen LogP contribution in [0, 0.1) is 0 Å². The van der Waals surface area contributed by atoms with E-state index in [-0.39, 0.29) is 0 Å². The van der Waals surface area contributed by atoms with E-state index < -0.39 is 0 Å². The van der Waals surface area contributed by atoms with Crippen LogP contribution in [0.4, 0.5) is 0 Å². The average molecular weight is 358 g/mol. The van der Waals surface area contributed by atoms with E-state index in [2.05, 4.69) is 53.0 Å². The zero-order valence-electron chi connectivity index (χ0n) is 12.6. The molecule has 3 aromatic heterocycles. The Morgan fingerprint density at radius 2 is 1.91 bits per heavy atom. The van der Waals surface area contributed by atoms with Gasteiger partial charge in [0.2, 0.25) is 0 Å². The summed E-state index contributed by atoms with van der Waals surface area (Å²) >= 11 is 5.23. The minimum atomic E-state index is 0.845. The van der Waals surface area contributed by atoms with Gasteiger partial charge in [-0.1, -0.05) is 18.2 Å². The molecular weight excluding hydrogens is 342 g/mol. The van der Waals surface area contributed by atoms with E-state index in [1.54, 1.807) is 34.0 Å². The van der Waals surface area contributed by atoms with Crippen molar-refractivity contribution in [1.29, 1.82) is 0 Å². The highest BCUT2D eigenvalue weighted by Crippen LogP contribution is 2.28. The number of hydrogen-bond donors (Lipinski definition) is 0. The number of nitrogens with zero attached hydrogens (tertiary/aromatic N) is 3.